The van der Waals surface area contributed by atoms with Crippen molar-refractivity contribution in [1.29, 1.82) is 0 Å². The lowest BCUT2D eigenvalue weighted by molar-refractivity contribution is 0.116. The summed E-state index contributed by atoms with van der Waals surface area (Å²) in [6.07, 6.45) is 0.931. The molecular weight excluding hydrogens is 306 g/mol. The zero-order valence-electron chi connectivity index (χ0n) is 12.2. The first-order valence-electron chi connectivity index (χ1n) is 6.50. The van der Waals surface area contributed by atoms with Gasteiger partial charge in [-0.05, 0) is 37.2 Å². The third kappa shape index (κ3) is 5.51. The Kier molecular flexibility index (Phi) is 6.30. The monoisotopic (exact) mass is 329 g/mol. The number of nitrogens with zero attached hydrogens (tertiary/aromatic N) is 1. The van der Waals surface area contributed by atoms with Crippen molar-refractivity contribution in [2.45, 2.75) is 20.3 Å². The molecule has 1 aromatic rings. The minimum atomic E-state index is -0.0594. The second-order valence-electron chi connectivity index (χ2n) is 5.77. The largest absolute Gasteiger partial charge is 0.496 e. The Morgan fingerprint density at radius 1 is 1.37 bits per heavy atom. The predicted octanol–water partition coefficient (Wildman–Crippen LogP) is 2.95. The van der Waals surface area contributed by atoms with Gasteiger partial charge in [0.15, 0.2) is 0 Å². The summed E-state index contributed by atoms with van der Waals surface area (Å²) in [4.78, 5) is 2.25. The first kappa shape index (κ1) is 16.5. The number of ether oxygens (including phenoxy) is 1. The minimum Gasteiger partial charge on any atom is -0.496 e. The molecule has 0 aliphatic heterocycles. The standard InChI is InChI=1S/C15H24BrNO2/c1-15(2,11-18)10-17(3)8-7-12-9-13(16)5-6-14(12)19-4/h5-6,9,18H,7-8,10-11H2,1-4H3. The van der Waals surface area contributed by atoms with Crippen LogP contribution in [0.1, 0.15) is 19.4 Å². The van der Waals surface area contributed by atoms with E-state index >= 15 is 0 Å². The van der Waals surface area contributed by atoms with Crippen molar-refractivity contribution in [1.82, 2.24) is 4.90 Å². The summed E-state index contributed by atoms with van der Waals surface area (Å²) < 4.78 is 6.45. The van der Waals surface area contributed by atoms with Crippen molar-refractivity contribution < 1.29 is 9.84 Å². The Hall–Kier alpha value is -0.580. The summed E-state index contributed by atoms with van der Waals surface area (Å²) in [5.74, 6) is 0.929. The van der Waals surface area contributed by atoms with Crippen molar-refractivity contribution in [3.63, 3.8) is 0 Å². The number of aliphatic hydroxyl groups is 1. The Labute approximate surface area is 124 Å². The molecule has 0 radical (unpaired) electrons. The van der Waals surface area contributed by atoms with Crippen molar-refractivity contribution in [3.8, 4) is 5.75 Å². The van der Waals surface area contributed by atoms with Gasteiger partial charge in [0.1, 0.15) is 5.75 Å². The van der Waals surface area contributed by atoms with E-state index in [4.69, 9.17) is 4.74 Å². The molecule has 19 heavy (non-hydrogen) atoms. The number of likely N-dealkylation sites (N-methyl/N-ethyl adjacent to an activating group) is 1. The number of benzene rings is 1. The van der Waals surface area contributed by atoms with Crippen molar-refractivity contribution >= 4 is 15.9 Å². The molecular formula is C15H24BrNO2. The third-order valence-electron chi connectivity index (χ3n) is 3.13. The van der Waals surface area contributed by atoms with Crippen LogP contribution in [0.15, 0.2) is 22.7 Å². The maximum Gasteiger partial charge on any atom is 0.122 e. The van der Waals surface area contributed by atoms with Crippen molar-refractivity contribution in [2.24, 2.45) is 5.41 Å². The second-order valence-corrected chi connectivity index (χ2v) is 6.68. The van der Waals surface area contributed by atoms with Crippen LogP contribution in [0.25, 0.3) is 0 Å². The molecule has 1 aromatic carbocycles. The average Bonchev–Trinajstić information content (AvgIpc) is 2.36. The van der Waals surface area contributed by atoms with E-state index in [1.54, 1.807) is 7.11 Å². The van der Waals surface area contributed by atoms with Gasteiger partial charge in [0.05, 0.1) is 7.11 Å². The highest BCUT2D eigenvalue weighted by Crippen LogP contribution is 2.24. The molecule has 0 bridgehead atoms. The molecule has 0 aliphatic carbocycles. The maximum atomic E-state index is 9.29. The number of methoxy groups -OCH3 is 1. The topological polar surface area (TPSA) is 32.7 Å². The van der Waals surface area contributed by atoms with Crippen LogP contribution < -0.4 is 4.74 Å². The highest BCUT2D eigenvalue weighted by Gasteiger charge is 2.18. The van der Waals surface area contributed by atoms with Crippen LogP contribution in [0, 0.1) is 5.41 Å². The van der Waals surface area contributed by atoms with E-state index in [-0.39, 0.29) is 12.0 Å². The Balaban J connectivity index is 2.59. The Morgan fingerprint density at radius 3 is 2.63 bits per heavy atom. The number of aliphatic hydroxyl groups excluding tert-OH is 1. The van der Waals surface area contributed by atoms with Gasteiger partial charge in [0, 0.05) is 29.6 Å². The van der Waals surface area contributed by atoms with Gasteiger partial charge in [-0.25, -0.2) is 0 Å². The van der Waals surface area contributed by atoms with Gasteiger partial charge in [0.25, 0.3) is 0 Å². The maximum absolute atomic E-state index is 9.29. The van der Waals surface area contributed by atoms with Gasteiger partial charge in [-0.15, -0.1) is 0 Å². The lowest BCUT2D eigenvalue weighted by Crippen LogP contribution is -2.35. The van der Waals surface area contributed by atoms with Crippen LogP contribution in [0.5, 0.6) is 5.75 Å². The molecule has 1 N–H and O–H groups in total. The Bertz CT molecular complexity index is 407. The van der Waals surface area contributed by atoms with Gasteiger partial charge >= 0.3 is 0 Å². The molecule has 108 valence electrons. The van der Waals surface area contributed by atoms with Crippen molar-refractivity contribution in [2.75, 3.05) is 33.9 Å². The molecule has 0 saturated heterocycles. The van der Waals surface area contributed by atoms with E-state index in [9.17, 15) is 5.11 Å². The van der Waals surface area contributed by atoms with Gasteiger partial charge in [-0.2, -0.15) is 0 Å². The molecule has 0 unspecified atom stereocenters. The van der Waals surface area contributed by atoms with E-state index in [0.29, 0.717) is 0 Å². The summed E-state index contributed by atoms with van der Waals surface area (Å²) in [7, 11) is 3.78. The van der Waals surface area contributed by atoms with E-state index in [2.05, 4.69) is 47.8 Å². The van der Waals surface area contributed by atoms with Gasteiger partial charge in [-0.3, -0.25) is 0 Å². The quantitative estimate of drug-likeness (QED) is 0.834. The number of hydrogen-bond donors (Lipinski definition) is 1. The fourth-order valence-electron chi connectivity index (χ4n) is 2.11. The lowest BCUT2D eigenvalue weighted by Gasteiger charge is -2.28. The molecule has 0 amide bonds. The van der Waals surface area contributed by atoms with E-state index in [0.717, 1.165) is 29.7 Å². The molecule has 0 saturated carbocycles. The molecule has 0 heterocycles. The zero-order valence-corrected chi connectivity index (χ0v) is 13.8. The van der Waals surface area contributed by atoms with Crippen LogP contribution in [-0.2, 0) is 6.42 Å². The summed E-state index contributed by atoms with van der Waals surface area (Å²) in [6.45, 7) is 6.17. The second kappa shape index (κ2) is 7.27. The highest BCUT2D eigenvalue weighted by atomic mass is 79.9. The van der Waals surface area contributed by atoms with Crippen molar-refractivity contribution in [3.05, 3.63) is 28.2 Å². The van der Waals surface area contributed by atoms with Crippen LogP contribution in [0.4, 0.5) is 0 Å². The third-order valence-corrected chi connectivity index (χ3v) is 3.62. The van der Waals surface area contributed by atoms with Crippen LogP contribution in [0.3, 0.4) is 0 Å². The van der Waals surface area contributed by atoms with Crippen LogP contribution in [0.2, 0.25) is 0 Å². The van der Waals surface area contributed by atoms with Crippen LogP contribution in [-0.4, -0.2) is 43.9 Å². The Morgan fingerprint density at radius 2 is 2.05 bits per heavy atom. The fraction of sp³-hybridized carbons (Fsp3) is 0.600. The molecule has 1 rings (SSSR count). The zero-order chi connectivity index (χ0) is 14.5. The first-order chi connectivity index (χ1) is 8.88. The first-order valence-corrected chi connectivity index (χ1v) is 7.29. The molecule has 3 nitrogen and oxygen atoms in total. The average molecular weight is 330 g/mol. The SMILES string of the molecule is COc1ccc(Br)cc1CCN(C)CC(C)(C)CO. The van der Waals surface area contributed by atoms with Gasteiger partial charge in [0.2, 0.25) is 0 Å². The smallest absolute Gasteiger partial charge is 0.122 e. The minimum absolute atomic E-state index is 0.0594. The molecule has 4 heteroatoms. The predicted molar refractivity (Wildman–Crippen MR) is 82.8 cm³/mol. The number of rotatable bonds is 7. The number of hydrogen-bond acceptors (Lipinski definition) is 3. The number of halogens is 1. The van der Waals surface area contributed by atoms with Gasteiger partial charge < -0.3 is 14.7 Å². The van der Waals surface area contributed by atoms with E-state index in [1.807, 2.05) is 12.1 Å². The summed E-state index contributed by atoms with van der Waals surface area (Å²) in [5.41, 5.74) is 1.14. The summed E-state index contributed by atoms with van der Waals surface area (Å²) in [6, 6.07) is 6.07. The highest BCUT2D eigenvalue weighted by molar-refractivity contribution is 9.10. The van der Waals surface area contributed by atoms with E-state index < -0.39 is 0 Å². The fourth-order valence-corrected chi connectivity index (χ4v) is 2.52. The van der Waals surface area contributed by atoms with Crippen LogP contribution >= 0.6 is 15.9 Å². The normalized spacial score (nSPS) is 11.9. The molecule has 0 atom stereocenters. The molecule has 0 aliphatic rings. The summed E-state index contributed by atoms with van der Waals surface area (Å²) >= 11 is 3.49. The lowest BCUT2D eigenvalue weighted by atomic mass is 9.94. The molecule has 0 aromatic heterocycles. The summed E-state index contributed by atoms with van der Waals surface area (Å²) in [5, 5.41) is 9.29. The van der Waals surface area contributed by atoms with E-state index in [1.165, 1.54) is 5.56 Å². The van der Waals surface area contributed by atoms with Gasteiger partial charge in [-0.1, -0.05) is 29.8 Å². The molecule has 0 spiro atoms. The molecule has 0 fully saturated rings.